The van der Waals surface area contributed by atoms with E-state index in [1.165, 1.54) is 29.8 Å². The van der Waals surface area contributed by atoms with Crippen LogP contribution in [-0.4, -0.2) is 49.8 Å². The molecule has 4 rings (SSSR count). The number of anilines is 2. The van der Waals surface area contributed by atoms with Crippen LogP contribution in [0.4, 0.5) is 11.4 Å². The van der Waals surface area contributed by atoms with Crippen LogP contribution in [0.25, 0.3) is 0 Å². The number of nitrogens with one attached hydrogen (secondary N) is 1. The molecule has 2 fully saturated rings. The van der Waals surface area contributed by atoms with Crippen molar-refractivity contribution in [2.45, 2.75) is 37.0 Å². The number of rotatable bonds is 5. The predicted molar refractivity (Wildman–Crippen MR) is 122 cm³/mol. The molecule has 0 spiro atoms. The van der Waals surface area contributed by atoms with E-state index in [0.29, 0.717) is 36.6 Å². The first kappa shape index (κ1) is 22.0. The summed E-state index contributed by atoms with van der Waals surface area (Å²) in [6.45, 7) is 2.63. The van der Waals surface area contributed by atoms with Crippen molar-refractivity contribution in [1.29, 1.82) is 0 Å². The van der Waals surface area contributed by atoms with Crippen LogP contribution in [-0.2, 0) is 14.8 Å². The molecule has 2 saturated heterocycles. The van der Waals surface area contributed by atoms with Crippen molar-refractivity contribution in [3.63, 3.8) is 0 Å². The van der Waals surface area contributed by atoms with Gasteiger partial charge in [0.05, 0.1) is 10.7 Å². The van der Waals surface area contributed by atoms with Crippen LogP contribution in [0.2, 0.25) is 5.02 Å². The smallest absolute Gasteiger partial charge is 0.244 e. The van der Waals surface area contributed by atoms with Gasteiger partial charge in [0.1, 0.15) is 4.90 Å². The van der Waals surface area contributed by atoms with Gasteiger partial charge in [0.2, 0.25) is 15.9 Å². The number of hydrogen-bond donors (Lipinski definition) is 1. The van der Waals surface area contributed by atoms with Crippen LogP contribution in [0.3, 0.4) is 0 Å². The molecule has 2 aliphatic rings. The monoisotopic (exact) mass is 462 g/mol. The summed E-state index contributed by atoms with van der Waals surface area (Å²) in [4.78, 5) is 19.1. The number of benzene rings is 1. The Labute approximate surface area is 188 Å². The van der Waals surface area contributed by atoms with E-state index in [0.717, 1.165) is 18.8 Å². The molecule has 0 aliphatic carbocycles. The van der Waals surface area contributed by atoms with Crippen molar-refractivity contribution < 1.29 is 13.2 Å². The highest BCUT2D eigenvalue weighted by Crippen LogP contribution is 2.31. The summed E-state index contributed by atoms with van der Waals surface area (Å²) in [6.07, 6.45) is 7.45. The lowest BCUT2D eigenvalue weighted by atomic mass is 9.97. The standard InChI is InChI=1S/C22H27ClN4O3S/c23-20-15-18(6-7-21(20)26-11-2-1-3-12-26)25-22(28)17-8-13-27(14-9-17)31(29,30)19-5-4-10-24-16-19/h4-7,10,15-17H,1-3,8-9,11-14H2,(H,25,28). The lowest BCUT2D eigenvalue weighted by Gasteiger charge is -2.31. The Morgan fingerprint density at radius 1 is 1.06 bits per heavy atom. The van der Waals surface area contributed by atoms with Crippen molar-refractivity contribution in [3.05, 3.63) is 47.7 Å². The Bertz CT molecular complexity index is 1020. The first-order valence-corrected chi connectivity index (χ1v) is 12.5. The molecule has 31 heavy (non-hydrogen) atoms. The summed E-state index contributed by atoms with van der Waals surface area (Å²) >= 11 is 6.49. The van der Waals surface area contributed by atoms with Gasteiger partial charge in [-0.1, -0.05) is 11.6 Å². The van der Waals surface area contributed by atoms with Crippen LogP contribution in [0, 0.1) is 5.92 Å². The number of carbonyl (C=O) groups excluding carboxylic acids is 1. The molecule has 7 nitrogen and oxygen atoms in total. The Kier molecular flexibility index (Phi) is 6.79. The van der Waals surface area contributed by atoms with Crippen molar-refractivity contribution in [1.82, 2.24) is 9.29 Å². The summed E-state index contributed by atoms with van der Waals surface area (Å²) in [7, 11) is -3.57. The maximum atomic E-state index is 12.7. The predicted octanol–water partition coefficient (Wildman–Crippen LogP) is 3.76. The zero-order valence-electron chi connectivity index (χ0n) is 17.3. The second-order valence-electron chi connectivity index (χ2n) is 8.07. The highest BCUT2D eigenvalue weighted by molar-refractivity contribution is 7.89. The van der Waals surface area contributed by atoms with E-state index in [4.69, 9.17) is 11.6 Å². The molecule has 166 valence electrons. The zero-order valence-corrected chi connectivity index (χ0v) is 18.9. The molecular formula is C22H27ClN4O3S. The largest absolute Gasteiger partial charge is 0.370 e. The lowest BCUT2D eigenvalue weighted by molar-refractivity contribution is -0.120. The number of carbonyl (C=O) groups is 1. The summed E-state index contributed by atoms with van der Waals surface area (Å²) in [5.41, 5.74) is 1.68. The number of amides is 1. The molecule has 0 unspecified atom stereocenters. The minimum Gasteiger partial charge on any atom is -0.370 e. The summed E-state index contributed by atoms with van der Waals surface area (Å²) < 4.78 is 26.9. The van der Waals surface area contributed by atoms with E-state index in [1.54, 1.807) is 24.4 Å². The van der Waals surface area contributed by atoms with Crippen LogP contribution >= 0.6 is 11.6 Å². The number of nitrogens with zero attached hydrogens (tertiary/aromatic N) is 3. The molecule has 0 radical (unpaired) electrons. The molecule has 0 bridgehead atoms. The van der Waals surface area contributed by atoms with Crippen molar-refractivity contribution in [2.24, 2.45) is 5.92 Å². The maximum absolute atomic E-state index is 12.7. The third-order valence-corrected chi connectivity index (χ3v) is 8.19. The first-order chi connectivity index (χ1) is 14.9. The van der Waals surface area contributed by atoms with E-state index >= 15 is 0 Å². The van der Waals surface area contributed by atoms with Gasteiger partial charge in [-0.05, 0) is 62.4 Å². The van der Waals surface area contributed by atoms with E-state index in [-0.39, 0.29) is 16.7 Å². The minimum atomic E-state index is -3.57. The number of piperidine rings is 2. The fraction of sp³-hybridized carbons (Fsp3) is 0.455. The maximum Gasteiger partial charge on any atom is 0.244 e. The van der Waals surface area contributed by atoms with Gasteiger partial charge in [0.15, 0.2) is 0 Å². The summed E-state index contributed by atoms with van der Waals surface area (Å²) in [5.74, 6) is -0.332. The van der Waals surface area contributed by atoms with Gasteiger partial charge in [0.25, 0.3) is 0 Å². The third-order valence-electron chi connectivity index (χ3n) is 6.01. The van der Waals surface area contributed by atoms with Gasteiger partial charge in [-0.15, -0.1) is 0 Å². The molecule has 2 aromatic rings. The number of hydrogen-bond acceptors (Lipinski definition) is 5. The second-order valence-corrected chi connectivity index (χ2v) is 10.4. The molecular weight excluding hydrogens is 436 g/mol. The highest BCUT2D eigenvalue weighted by atomic mass is 35.5. The molecule has 1 aromatic heterocycles. The van der Waals surface area contributed by atoms with E-state index in [2.05, 4.69) is 15.2 Å². The Balaban J connectivity index is 1.34. The lowest BCUT2D eigenvalue weighted by Crippen LogP contribution is -2.41. The van der Waals surface area contributed by atoms with Gasteiger partial charge in [-0.25, -0.2) is 8.42 Å². The highest BCUT2D eigenvalue weighted by Gasteiger charge is 2.32. The van der Waals surface area contributed by atoms with Gasteiger partial charge in [-0.2, -0.15) is 4.31 Å². The molecule has 1 aromatic carbocycles. The summed E-state index contributed by atoms with van der Waals surface area (Å²) in [5, 5.41) is 3.58. The van der Waals surface area contributed by atoms with Gasteiger partial charge >= 0.3 is 0 Å². The number of sulfonamides is 1. The van der Waals surface area contributed by atoms with E-state index in [9.17, 15) is 13.2 Å². The van der Waals surface area contributed by atoms with Gasteiger partial charge in [-0.3, -0.25) is 9.78 Å². The SMILES string of the molecule is O=C(Nc1ccc(N2CCCCC2)c(Cl)c1)C1CCN(S(=O)(=O)c2cccnc2)CC1. The Morgan fingerprint density at radius 2 is 1.81 bits per heavy atom. The third kappa shape index (κ3) is 5.02. The first-order valence-electron chi connectivity index (χ1n) is 10.7. The van der Waals surface area contributed by atoms with Crippen molar-refractivity contribution in [2.75, 3.05) is 36.4 Å². The fourth-order valence-electron chi connectivity index (χ4n) is 4.23. The number of pyridine rings is 1. The van der Waals surface area contributed by atoms with Gasteiger partial charge in [0, 0.05) is 50.2 Å². The van der Waals surface area contributed by atoms with Crippen molar-refractivity contribution >= 4 is 38.9 Å². The average Bonchev–Trinajstić information content (AvgIpc) is 2.80. The van der Waals surface area contributed by atoms with Crippen LogP contribution in [0.5, 0.6) is 0 Å². The second kappa shape index (κ2) is 9.54. The molecule has 0 saturated carbocycles. The molecule has 1 amide bonds. The summed E-state index contributed by atoms with van der Waals surface area (Å²) in [6, 6.07) is 8.79. The Hall–Kier alpha value is -2.16. The minimum absolute atomic E-state index is 0.0970. The number of aromatic nitrogens is 1. The van der Waals surface area contributed by atoms with Crippen LogP contribution in [0.1, 0.15) is 32.1 Å². The normalized spacial score (nSPS) is 18.7. The quantitative estimate of drug-likeness (QED) is 0.731. The number of halogens is 1. The zero-order chi connectivity index (χ0) is 21.8. The Morgan fingerprint density at radius 3 is 2.45 bits per heavy atom. The molecule has 1 N–H and O–H groups in total. The molecule has 9 heteroatoms. The fourth-order valence-corrected chi connectivity index (χ4v) is 5.96. The van der Waals surface area contributed by atoms with E-state index in [1.807, 2.05) is 12.1 Å². The van der Waals surface area contributed by atoms with E-state index < -0.39 is 10.0 Å². The van der Waals surface area contributed by atoms with Crippen LogP contribution < -0.4 is 10.2 Å². The van der Waals surface area contributed by atoms with Crippen LogP contribution in [0.15, 0.2) is 47.6 Å². The average molecular weight is 463 g/mol. The van der Waals surface area contributed by atoms with Crippen molar-refractivity contribution in [3.8, 4) is 0 Å². The molecule has 0 atom stereocenters. The topological polar surface area (TPSA) is 82.6 Å². The van der Waals surface area contributed by atoms with Gasteiger partial charge < -0.3 is 10.2 Å². The molecule has 3 heterocycles. The molecule has 2 aliphatic heterocycles.